The van der Waals surface area contributed by atoms with Crippen molar-refractivity contribution >= 4 is 6.29 Å². The first-order valence-corrected chi connectivity index (χ1v) is 15.6. The quantitative estimate of drug-likeness (QED) is 0.206. The Labute approximate surface area is 251 Å². The molecule has 0 spiro atoms. The van der Waals surface area contributed by atoms with E-state index in [1.807, 2.05) is 6.08 Å². The molecule has 0 aromatic carbocycles. The van der Waals surface area contributed by atoms with Crippen LogP contribution in [0.3, 0.4) is 0 Å². The molecule has 0 aromatic rings. The molecule has 3 rings (SSSR count). The van der Waals surface area contributed by atoms with E-state index in [0.29, 0.717) is 0 Å². The van der Waals surface area contributed by atoms with E-state index >= 15 is 0 Å². The van der Waals surface area contributed by atoms with Gasteiger partial charge >= 0.3 is 0 Å². The van der Waals surface area contributed by atoms with E-state index in [1.165, 1.54) is 77.5 Å². The molecule has 0 heterocycles. The van der Waals surface area contributed by atoms with E-state index in [2.05, 4.69) is 129 Å². The third-order valence-electron chi connectivity index (χ3n) is 9.44. The van der Waals surface area contributed by atoms with Gasteiger partial charge in [-0.25, -0.2) is 0 Å². The maximum atomic E-state index is 11.9. The van der Waals surface area contributed by atoms with Crippen molar-refractivity contribution in [3.8, 4) is 0 Å². The van der Waals surface area contributed by atoms with Crippen molar-refractivity contribution in [2.24, 2.45) is 16.2 Å². The predicted molar refractivity (Wildman–Crippen MR) is 180 cm³/mol. The molecule has 3 aliphatic carbocycles. The van der Waals surface area contributed by atoms with Gasteiger partial charge in [-0.2, -0.15) is 0 Å². The average Bonchev–Trinajstić information content (AvgIpc) is 2.87. The molecule has 0 saturated heterocycles. The highest BCUT2D eigenvalue weighted by molar-refractivity contribution is 5.78. The number of carbonyl (C=O) groups excluding carboxylic acids is 1. The van der Waals surface area contributed by atoms with Gasteiger partial charge in [-0.1, -0.05) is 130 Å². The molecule has 1 unspecified atom stereocenters. The second kappa shape index (κ2) is 13.8. The van der Waals surface area contributed by atoms with E-state index in [9.17, 15) is 4.79 Å². The van der Waals surface area contributed by atoms with E-state index in [-0.39, 0.29) is 16.2 Å². The zero-order valence-corrected chi connectivity index (χ0v) is 27.4. The summed E-state index contributed by atoms with van der Waals surface area (Å²) < 4.78 is 0. The molecule has 0 radical (unpaired) electrons. The minimum atomic E-state index is -0.323. The Hall–Kier alpha value is -2.93. The lowest BCUT2D eigenvalue weighted by Gasteiger charge is -2.33. The Morgan fingerprint density at radius 3 is 1.73 bits per heavy atom. The lowest BCUT2D eigenvalue weighted by Crippen LogP contribution is -2.20. The first-order chi connectivity index (χ1) is 19.3. The second-order valence-corrected chi connectivity index (χ2v) is 14.1. The Kier molecular flexibility index (Phi) is 11.0. The summed E-state index contributed by atoms with van der Waals surface area (Å²) in [5.41, 5.74) is 10.7. The maximum absolute atomic E-state index is 11.9. The van der Waals surface area contributed by atoms with Crippen LogP contribution in [0.15, 0.2) is 117 Å². The van der Waals surface area contributed by atoms with Crippen LogP contribution in [-0.2, 0) is 4.79 Å². The van der Waals surface area contributed by atoms with Crippen LogP contribution in [0.5, 0.6) is 0 Å². The molecule has 220 valence electrons. The molecule has 3 aliphatic rings. The largest absolute Gasteiger partial charge is 0.298 e. The Morgan fingerprint density at radius 1 is 0.732 bits per heavy atom. The standard InChI is InChI=1S/C40H54O/c1-30(19-23-36-32(3)16-12-25-38(36,5)6)14-10-18-34-21-22-35(29-41)40(9,28-34)27-11-15-31(2)20-24-37-33(4)17-13-26-39(37,7)8/h10-11,14-15,18-24,27,29H,12-13,16-17,25-26,28H2,1-9H3/b18-10+,23-19+,24-20+,27-11+,30-14+,31-15+. The SMILES string of the molecule is CC1=C(/C=C/C(C)=C/C=C/C2=CC=C(C=O)C(C)(/C=C/C=C(C)/C=C/C3=C(C)CCCC3(C)C)C2)C(C)(C)CCC1. The Balaban J connectivity index is 1.68. The van der Waals surface area contributed by atoms with Gasteiger partial charge in [0.25, 0.3) is 0 Å². The molecule has 0 bridgehead atoms. The summed E-state index contributed by atoms with van der Waals surface area (Å²) in [5, 5.41) is 0. The summed E-state index contributed by atoms with van der Waals surface area (Å²) in [4.78, 5) is 11.9. The molecule has 0 aromatic heterocycles. The van der Waals surface area contributed by atoms with Crippen LogP contribution < -0.4 is 0 Å². The first-order valence-electron chi connectivity index (χ1n) is 15.6. The van der Waals surface area contributed by atoms with Gasteiger partial charge in [0.1, 0.15) is 6.29 Å². The normalized spacial score (nSPS) is 26.1. The van der Waals surface area contributed by atoms with Crippen molar-refractivity contribution in [2.45, 2.75) is 107 Å². The fourth-order valence-electron chi connectivity index (χ4n) is 6.71. The molecule has 1 heteroatoms. The number of hydrogen-bond donors (Lipinski definition) is 0. The van der Waals surface area contributed by atoms with Crippen LogP contribution in [0.4, 0.5) is 0 Å². The van der Waals surface area contributed by atoms with Gasteiger partial charge in [-0.3, -0.25) is 4.79 Å². The van der Waals surface area contributed by atoms with Gasteiger partial charge < -0.3 is 0 Å². The Morgan fingerprint density at radius 2 is 1.24 bits per heavy atom. The minimum absolute atomic E-state index is 0.247. The molecule has 0 aliphatic heterocycles. The van der Waals surface area contributed by atoms with Crippen LogP contribution in [0, 0.1) is 16.2 Å². The Bertz CT molecular complexity index is 1300. The van der Waals surface area contributed by atoms with Crippen molar-refractivity contribution in [3.63, 3.8) is 0 Å². The van der Waals surface area contributed by atoms with Gasteiger partial charge in [0.2, 0.25) is 0 Å². The first kappa shape index (κ1) is 32.6. The highest BCUT2D eigenvalue weighted by Crippen LogP contribution is 2.42. The van der Waals surface area contributed by atoms with Crippen molar-refractivity contribution < 1.29 is 4.79 Å². The highest BCUT2D eigenvalue weighted by atomic mass is 16.1. The number of aldehydes is 1. The summed E-state index contributed by atoms with van der Waals surface area (Å²) in [5.74, 6) is 0. The third-order valence-corrected chi connectivity index (χ3v) is 9.44. The van der Waals surface area contributed by atoms with Crippen LogP contribution >= 0.6 is 0 Å². The van der Waals surface area contributed by atoms with Gasteiger partial charge in [-0.05, 0) is 100 Å². The zero-order valence-electron chi connectivity index (χ0n) is 27.4. The van der Waals surface area contributed by atoms with Crippen LogP contribution in [0.2, 0.25) is 0 Å². The molecule has 0 fully saturated rings. The lowest BCUT2D eigenvalue weighted by molar-refractivity contribution is -0.105. The van der Waals surface area contributed by atoms with Crippen LogP contribution in [0.1, 0.15) is 107 Å². The molecule has 1 nitrogen and oxygen atoms in total. The number of carbonyl (C=O) groups is 1. The van der Waals surface area contributed by atoms with Crippen molar-refractivity contribution in [2.75, 3.05) is 0 Å². The summed E-state index contributed by atoms with van der Waals surface area (Å²) >= 11 is 0. The highest BCUT2D eigenvalue weighted by Gasteiger charge is 2.29. The van der Waals surface area contributed by atoms with Gasteiger partial charge in [0.15, 0.2) is 0 Å². The summed E-state index contributed by atoms with van der Waals surface area (Å²) in [6.07, 6.45) is 35.5. The second-order valence-electron chi connectivity index (χ2n) is 14.1. The predicted octanol–water partition coefficient (Wildman–Crippen LogP) is 11.6. The van der Waals surface area contributed by atoms with Crippen molar-refractivity contribution in [1.29, 1.82) is 0 Å². The fourth-order valence-corrected chi connectivity index (χ4v) is 6.71. The lowest BCUT2D eigenvalue weighted by atomic mass is 9.72. The molecule has 41 heavy (non-hydrogen) atoms. The average molecular weight is 551 g/mol. The van der Waals surface area contributed by atoms with Crippen LogP contribution in [-0.4, -0.2) is 6.29 Å². The minimum Gasteiger partial charge on any atom is -0.298 e. The molecule has 0 saturated carbocycles. The molecule has 0 N–H and O–H groups in total. The summed E-state index contributed by atoms with van der Waals surface area (Å²) in [7, 11) is 0. The van der Waals surface area contributed by atoms with Gasteiger partial charge in [0, 0.05) is 11.0 Å². The van der Waals surface area contributed by atoms with E-state index in [4.69, 9.17) is 0 Å². The fraction of sp³-hybridized carbons (Fsp3) is 0.475. The number of allylic oxidation sites excluding steroid dienone is 20. The van der Waals surface area contributed by atoms with Gasteiger partial charge in [-0.15, -0.1) is 0 Å². The zero-order chi connectivity index (χ0) is 30.3. The summed E-state index contributed by atoms with van der Waals surface area (Å²) in [6, 6.07) is 0. The molecule has 0 amide bonds. The smallest absolute Gasteiger partial charge is 0.146 e. The monoisotopic (exact) mass is 550 g/mol. The third kappa shape index (κ3) is 8.78. The van der Waals surface area contributed by atoms with Crippen molar-refractivity contribution in [1.82, 2.24) is 0 Å². The van der Waals surface area contributed by atoms with E-state index in [1.54, 1.807) is 0 Å². The van der Waals surface area contributed by atoms with Crippen LogP contribution in [0.25, 0.3) is 0 Å². The topological polar surface area (TPSA) is 17.1 Å². The van der Waals surface area contributed by atoms with Crippen molar-refractivity contribution in [3.05, 3.63) is 117 Å². The maximum Gasteiger partial charge on any atom is 0.146 e. The van der Waals surface area contributed by atoms with Gasteiger partial charge in [0.05, 0.1) is 0 Å². The number of rotatable bonds is 9. The molecular formula is C40H54O. The summed E-state index contributed by atoms with van der Waals surface area (Å²) in [6.45, 7) is 20.5. The molecular weight excluding hydrogens is 496 g/mol. The molecule has 1 atom stereocenters. The van der Waals surface area contributed by atoms with E-state index in [0.717, 1.165) is 18.3 Å². The number of hydrogen-bond acceptors (Lipinski definition) is 1. The van der Waals surface area contributed by atoms with E-state index < -0.39 is 0 Å².